The van der Waals surface area contributed by atoms with Gasteiger partial charge < -0.3 is 10.8 Å². The van der Waals surface area contributed by atoms with Gasteiger partial charge in [-0.2, -0.15) is 40.2 Å². The third-order valence-corrected chi connectivity index (χ3v) is 2.96. The first-order valence-corrected chi connectivity index (χ1v) is 6.06. The SMILES string of the molecule is Cn1nc(C(F)(C(F)(F)F)C(F)(F)F)c(OC(F)F)c1-n1c[c-]cn1.[U]. The molecule has 2 aromatic heterocycles. The first-order chi connectivity index (χ1) is 11.3. The molecule has 0 unspecified atom stereocenters. The number of aryl methyl sites for hydroxylation is 1. The van der Waals surface area contributed by atoms with Crippen molar-refractivity contribution in [1.82, 2.24) is 19.6 Å². The Morgan fingerprint density at radius 3 is 2.00 bits per heavy atom. The van der Waals surface area contributed by atoms with Crippen molar-refractivity contribution < 1.29 is 75.4 Å². The van der Waals surface area contributed by atoms with Gasteiger partial charge in [0.05, 0.1) is 0 Å². The van der Waals surface area contributed by atoms with Gasteiger partial charge >= 0.3 is 24.6 Å². The molecule has 5 nitrogen and oxygen atoms in total. The van der Waals surface area contributed by atoms with E-state index in [-0.39, 0.29) is 31.1 Å². The summed E-state index contributed by atoms with van der Waals surface area (Å²) in [7, 11) is 0.798. The number of aromatic nitrogens is 4. The van der Waals surface area contributed by atoms with E-state index in [0.717, 1.165) is 19.4 Å². The van der Waals surface area contributed by atoms with Crippen molar-refractivity contribution in [2.75, 3.05) is 0 Å². The predicted molar refractivity (Wildman–Crippen MR) is 60.7 cm³/mol. The summed E-state index contributed by atoms with van der Waals surface area (Å²) in [5.74, 6) is -2.64. The van der Waals surface area contributed by atoms with Crippen LogP contribution in [0.1, 0.15) is 5.69 Å². The van der Waals surface area contributed by atoms with Crippen LogP contribution in [-0.4, -0.2) is 38.5 Å². The average Bonchev–Trinajstić information content (AvgIpc) is 3.03. The second-order valence-electron chi connectivity index (χ2n) is 4.54. The van der Waals surface area contributed by atoms with Crippen LogP contribution in [0.2, 0.25) is 0 Å². The smallest absolute Gasteiger partial charge is 0.432 e. The normalized spacial score (nSPS) is 13.0. The summed E-state index contributed by atoms with van der Waals surface area (Å²) in [6, 6.07) is 2.27. The number of halogens is 9. The summed E-state index contributed by atoms with van der Waals surface area (Å²) in [5, 5.41) is 6.22. The van der Waals surface area contributed by atoms with E-state index < -0.39 is 41.9 Å². The van der Waals surface area contributed by atoms with Crippen LogP contribution in [0, 0.1) is 37.2 Å². The van der Waals surface area contributed by atoms with Crippen molar-refractivity contribution in [3.05, 3.63) is 24.2 Å². The zero-order chi connectivity index (χ0) is 19.2. The van der Waals surface area contributed by atoms with E-state index in [1.165, 1.54) is 0 Å². The standard InChI is InChI=1S/C11H6F9N4O.U/c1-23-7(24-4-2-3-21-24)5(25-8(12)13)6(22-23)9(14,10(15,16)17)11(18,19)20;/h3-4,8H,1H3;/q-1;. The number of nitrogens with zero attached hydrogens (tertiary/aromatic N) is 4. The van der Waals surface area contributed by atoms with Gasteiger partial charge in [0, 0.05) is 38.2 Å². The molecule has 0 saturated carbocycles. The fraction of sp³-hybridized carbons (Fsp3) is 0.455. The van der Waals surface area contributed by atoms with Crippen molar-refractivity contribution in [3.8, 4) is 11.6 Å². The molecule has 0 spiro atoms. The van der Waals surface area contributed by atoms with Crippen LogP contribution < -0.4 is 4.74 Å². The molecule has 0 aliphatic rings. The summed E-state index contributed by atoms with van der Waals surface area (Å²) >= 11 is 0. The molecule has 0 saturated heterocycles. The van der Waals surface area contributed by atoms with Gasteiger partial charge in [0.15, 0.2) is 17.3 Å². The fourth-order valence-electron chi connectivity index (χ4n) is 1.95. The van der Waals surface area contributed by atoms with Crippen LogP contribution in [0.25, 0.3) is 5.82 Å². The van der Waals surface area contributed by atoms with Crippen LogP contribution in [0.3, 0.4) is 0 Å². The first-order valence-electron chi connectivity index (χ1n) is 6.06. The van der Waals surface area contributed by atoms with Crippen LogP contribution in [0.5, 0.6) is 5.75 Å². The largest absolute Gasteiger partial charge is 0.437 e. The molecule has 0 fully saturated rings. The second kappa shape index (κ2) is 7.34. The monoisotopic (exact) mass is 619 g/mol. The summed E-state index contributed by atoms with van der Waals surface area (Å²) in [6.45, 7) is -3.85. The first kappa shape index (κ1) is 22.7. The van der Waals surface area contributed by atoms with Crippen LogP contribution in [-0.2, 0) is 12.7 Å². The Morgan fingerprint density at radius 1 is 1.08 bits per heavy atom. The van der Waals surface area contributed by atoms with E-state index in [1.807, 2.05) is 0 Å². The fourth-order valence-corrected chi connectivity index (χ4v) is 1.95. The summed E-state index contributed by atoms with van der Waals surface area (Å²) in [5.41, 5.74) is -8.46. The topological polar surface area (TPSA) is 44.9 Å². The Bertz CT molecular complexity index is 724. The minimum Gasteiger partial charge on any atom is -0.432 e. The number of hydrogen-bond donors (Lipinski definition) is 0. The molecule has 0 aliphatic heterocycles. The molecule has 2 rings (SSSR count). The van der Waals surface area contributed by atoms with Crippen LogP contribution in [0.15, 0.2) is 12.4 Å². The average molecular weight is 619 g/mol. The maximum Gasteiger partial charge on any atom is 0.437 e. The van der Waals surface area contributed by atoms with Crippen LogP contribution >= 0.6 is 0 Å². The van der Waals surface area contributed by atoms with Gasteiger partial charge in [-0.15, -0.1) is 12.4 Å². The molecule has 0 atom stereocenters. The van der Waals surface area contributed by atoms with Crippen molar-refractivity contribution >= 4 is 0 Å². The molecular formula is C11H6F9N4OU-. The molecule has 15 heteroatoms. The van der Waals surface area contributed by atoms with Gasteiger partial charge in [-0.05, 0) is 0 Å². The van der Waals surface area contributed by atoms with Gasteiger partial charge in [-0.1, -0.05) is 0 Å². The molecule has 144 valence electrons. The zero-order valence-corrected chi connectivity index (χ0v) is 16.5. The third kappa shape index (κ3) is 3.69. The maximum absolute atomic E-state index is 14.2. The second-order valence-corrected chi connectivity index (χ2v) is 4.54. The Balaban J connectivity index is 0.00000338. The Labute approximate surface area is 162 Å². The van der Waals surface area contributed by atoms with E-state index in [9.17, 15) is 39.5 Å². The van der Waals surface area contributed by atoms with Crippen molar-refractivity contribution in [3.63, 3.8) is 0 Å². The molecule has 26 heavy (non-hydrogen) atoms. The van der Waals surface area contributed by atoms with E-state index >= 15 is 0 Å². The summed E-state index contributed by atoms with van der Waals surface area (Å²) in [6.07, 6.45) is -11.3. The van der Waals surface area contributed by atoms with E-state index in [4.69, 9.17) is 0 Å². The van der Waals surface area contributed by atoms with E-state index in [2.05, 4.69) is 21.0 Å². The molecule has 2 heterocycles. The van der Waals surface area contributed by atoms with Gasteiger partial charge in [-0.3, -0.25) is 4.68 Å². The molecule has 0 bridgehead atoms. The molecule has 0 radical (unpaired) electrons. The van der Waals surface area contributed by atoms with Gasteiger partial charge in [0.1, 0.15) is 0 Å². The minimum absolute atomic E-state index is 0. The molecular weight excluding hydrogens is 613 g/mol. The Hall–Kier alpha value is -1.36. The van der Waals surface area contributed by atoms with Gasteiger partial charge in [0.25, 0.3) is 0 Å². The predicted octanol–water partition coefficient (Wildman–Crippen LogP) is 3.30. The number of hydrogen-bond acceptors (Lipinski definition) is 3. The number of rotatable bonds is 4. The maximum atomic E-state index is 14.2. The minimum atomic E-state index is -6.55. The van der Waals surface area contributed by atoms with Crippen molar-refractivity contribution in [2.45, 2.75) is 24.6 Å². The molecule has 0 aliphatic carbocycles. The number of ether oxygens (including phenoxy) is 1. The number of alkyl halides is 9. The zero-order valence-electron chi connectivity index (χ0n) is 12.3. The Morgan fingerprint density at radius 2 is 1.62 bits per heavy atom. The van der Waals surface area contributed by atoms with E-state index in [0.29, 0.717) is 9.36 Å². The van der Waals surface area contributed by atoms with Crippen molar-refractivity contribution in [2.24, 2.45) is 7.05 Å². The molecule has 0 amide bonds. The molecule has 2 aromatic rings. The van der Waals surface area contributed by atoms with E-state index in [1.54, 1.807) is 0 Å². The van der Waals surface area contributed by atoms with Gasteiger partial charge in [0.2, 0.25) is 0 Å². The van der Waals surface area contributed by atoms with Crippen LogP contribution in [0.4, 0.5) is 39.5 Å². The summed E-state index contributed by atoms with van der Waals surface area (Å²) in [4.78, 5) is 0. The Kier molecular flexibility index (Phi) is 6.40. The summed E-state index contributed by atoms with van der Waals surface area (Å²) < 4.78 is 121. The van der Waals surface area contributed by atoms with Gasteiger partial charge in [-0.25, -0.2) is 14.2 Å². The quantitative estimate of drug-likeness (QED) is 0.390. The molecule has 0 N–H and O–H groups in total. The van der Waals surface area contributed by atoms with Crippen molar-refractivity contribution in [1.29, 1.82) is 0 Å². The molecule has 0 aromatic carbocycles. The third-order valence-electron chi connectivity index (χ3n) is 2.96.